The fraction of sp³-hybridized carbons (Fsp3) is 0.0500. The number of benzene rings is 2. The van der Waals surface area contributed by atoms with Gasteiger partial charge in [-0.05, 0) is 36.4 Å². The van der Waals surface area contributed by atoms with Gasteiger partial charge in [0.05, 0.1) is 30.2 Å². The van der Waals surface area contributed by atoms with Gasteiger partial charge in [0, 0.05) is 25.7 Å². The summed E-state index contributed by atoms with van der Waals surface area (Å²) in [4.78, 5) is 13.0. The number of carbonyl (C=O) groups is 1. The highest BCUT2D eigenvalue weighted by atomic mass is 79.9. The number of aromatic nitrogens is 2. The zero-order valence-corrected chi connectivity index (χ0v) is 18.2. The number of fused-ring (bicyclic) bond motifs is 1. The first-order valence-electron chi connectivity index (χ1n) is 8.46. The molecule has 0 aliphatic rings. The van der Waals surface area contributed by atoms with Crippen molar-refractivity contribution in [3.05, 3.63) is 68.6 Å². The van der Waals surface area contributed by atoms with Gasteiger partial charge in [-0.15, -0.1) is 11.3 Å². The first-order chi connectivity index (χ1) is 14.1. The second kappa shape index (κ2) is 8.36. The van der Waals surface area contributed by atoms with E-state index in [4.69, 9.17) is 16.3 Å². The van der Waals surface area contributed by atoms with Crippen molar-refractivity contribution in [3.63, 3.8) is 0 Å². The Balaban J connectivity index is 1.53. The fourth-order valence-corrected chi connectivity index (χ4v) is 5.09. The number of nitrogens with one attached hydrogen (secondary N) is 2. The molecule has 0 fully saturated rings. The summed E-state index contributed by atoms with van der Waals surface area (Å²) in [5.74, 6) is 0.399. The quantitative estimate of drug-likeness (QED) is 0.288. The van der Waals surface area contributed by atoms with Gasteiger partial charge >= 0.3 is 0 Å². The molecule has 0 bridgehead atoms. The van der Waals surface area contributed by atoms with Gasteiger partial charge in [0.1, 0.15) is 10.6 Å². The number of hydrazone groups is 1. The number of hydrogen-bond donors (Lipinski definition) is 2. The molecule has 146 valence electrons. The fourth-order valence-electron chi connectivity index (χ4n) is 2.81. The van der Waals surface area contributed by atoms with Crippen molar-refractivity contribution in [2.45, 2.75) is 0 Å². The van der Waals surface area contributed by atoms with E-state index in [1.54, 1.807) is 13.3 Å². The van der Waals surface area contributed by atoms with Gasteiger partial charge in [0.15, 0.2) is 0 Å². The summed E-state index contributed by atoms with van der Waals surface area (Å²) in [6.45, 7) is 0. The van der Waals surface area contributed by atoms with Crippen LogP contribution in [0.5, 0.6) is 5.75 Å². The third-order valence-electron chi connectivity index (χ3n) is 4.23. The molecule has 2 heterocycles. The van der Waals surface area contributed by atoms with Crippen molar-refractivity contribution in [2.24, 2.45) is 5.10 Å². The van der Waals surface area contributed by atoms with Gasteiger partial charge in [-0.2, -0.15) is 10.2 Å². The lowest BCUT2D eigenvalue weighted by molar-refractivity contribution is 0.0959. The number of aromatic amines is 1. The van der Waals surface area contributed by atoms with Crippen LogP contribution in [0.15, 0.2) is 58.2 Å². The Morgan fingerprint density at radius 1 is 1.31 bits per heavy atom. The van der Waals surface area contributed by atoms with Crippen LogP contribution >= 0.6 is 38.9 Å². The SMILES string of the molecule is COc1ccc(-c2[nH]ncc2/C=N\NC(=O)c2sc3cccc(Br)c3c2Cl)cc1. The number of amides is 1. The Kier molecular flexibility index (Phi) is 5.66. The molecule has 4 aromatic rings. The van der Waals surface area contributed by atoms with E-state index in [0.29, 0.717) is 9.90 Å². The van der Waals surface area contributed by atoms with Gasteiger partial charge < -0.3 is 4.74 Å². The highest BCUT2D eigenvalue weighted by Gasteiger charge is 2.18. The Bertz CT molecular complexity index is 1220. The molecule has 0 unspecified atom stereocenters. The molecule has 2 N–H and O–H groups in total. The Hall–Kier alpha value is -2.68. The summed E-state index contributed by atoms with van der Waals surface area (Å²) in [6, 6.07) is 13.3. The molecule has 4 rings (SSSR count). The van der Waals surface area contributed by atoms with E-state index in [2.05, 4.69) is 36.7 Å². The molecule has 1 amide bonds. The normalized spacial score (nSPS) is 11.3. The molecule has 0 spiro atoms. The molecular formula is C20H14BrClN4O2S. The molecule has 0 aliphatic heterocycles. The van der Waals surface area contributed by atoms with Crippen molar-refractivity contribution in [1.82, 2.24) is 15.6 Å². The first-order valence-corrected chi connectivity index (χ1v) is 10.4. The number of nitrogens with zero attached hydrogens (tertiary/aromatic N) is 2. The van der Waals surface area contributed by atoms with Gasteiger partial charge in [-0.3, -0.25) is 9.89 Å². The largest absolute Gasteiger partial charge is 0.497 e. The summed E-state index contributed by atoms with van der Waals surface area (Å²) < 4.78 is 6.95. The maximum absolute atomic E-state index is 12.5. The van der Waals surface area contributed by atoms with Crippen LogP contribution in [-0.2, 0) is 0 Å². The number of carbonyl (C=O) groups excluding carboxylic acids is 1. The van der Waals surface area contributed by atoms with E-state index in [-0.39, 0.29) is 5.91 Å². The zero-order chi connectivity index (χ0) is 20.4. The van der Waals surface area contributed by atoms with E-state index in [1.807, 2.05) is 42.5 Å². The van der Waals surface area contributed by atoms with Crippen LogP contribution in [0.2, 0.25) is 5.02 Å². The summed E-state index contributed by atoms with van der Waals surface area (Å²) in [6.07, 6.45) is 3.18. The molecule has 0 atom stereocenters. The summed E-state index contributed by atoms with van der Waals surface area (Å²) in [5, 5.41) is 12.3. The minimum Gasteiger partial charge on any atom is -0.497 e. The van der Waals surface area contributed by atoms with Gasteiger partial charge in [0.2, 0.25) is 0 Å². The molecular weight excluding hydrogens is 476 g/mol. The number of halogens is 2. The Morgan fingerprint density at radius 3 is 2.83 bits per heavy atom. The summed E-state index contributed by atoms with van der Waals surface area (Å²) in [5.41, 5.74) is 4.98. The van der Waals surface area contributed by atoms with E-state index < -0.39 is 0 Å². The molecule has 2 aromatic carbocycles. The number of ether oxygens (including phenoxy) is 1. The lowest BCUT2D eigenvalue weighted by Gasteiger charge is -2.02. The molecule has 0 radical (unpaired) electrons. The van der Waals surface area contributed by atoms with Crippen molar-refractivity contribution in [3.8, 4) is 17.0 Å². The van der Waals surface area contributed by atoms with Crippen molar-refractivity contribution < 1.29 is 9.53 Å². The van der Waals surface area contributed by atoms with Crippen LogP contribution in [0.4, 0.5) is 0 Å². The number of H-pyrrole nitrogens is 1. The smallest absolute Gasteiger partial charge is 0.283 e. The van der Waals surface area contributed by atoms with E-state index >= 15 is 0 Å². The van der Waals surface area contributed by atoms with Crippen molar-refractivity contribution in [2.75, 3.05) is 7.11 Å². The highest BCUT2D eigenvalue weighted by Crippen LogP contribution is 2.39. The summed E-state index contributed by atoms with van der Waals surface area (Å²) in [7, 11) is 1.62. The molecule has 9 heteroatoms. The molecule has 29 heavy (non-hydrogen) atoms. The average molecular weight is 490 g/mol. The topological polar surface area (TPSA) is 79.4 Å². The number of hydrogen-bond acceptors (Lipinski definition) is 5. The third-order valence-corrected chi connectivity index (χ3v) is 6.53. The van der Waals surface area contributed by atoms with E-state index in [1.165, 1.54) is 17.6 Å². The van der Waals surface area contributed by atoms with Crippen LogP contribution in [0.3, 0.4) is 0 Å². The Labute approximate surface area is 183 Å². The summed E-state index contributed by atoms with van der Waals surface area (Å²) >= 11 is 11.2. The first kappa shape index (κ1) is 19.6. The predicted octanol–water partition coefficient (Wildman–Crippen LogP) is 5.48. The van der Waals surface area contributed by atoms with E-state index in [0.717, 1.165) is 37.1 Å². The maximum atomic E-state index is 12.5. The second-order valence-corrected chi connectivity index (χ2v) is 8.27. The highest BCUT2D eigenvalue weighted by molar-refractivity contribution is 9.10. The lowest BCUT2D eigenvalue weighted by Crippen LogP contribution is -2.16. The van der Waals surface area contributed by atoms with Crippen LogP contribution in [-0.4, -0.2) is 29.4 Å². The standard InChI is InChI=1S/C20H14BrClN4O2S/c1-28-13-7-5-11(6-8-13)18-12(9-23-25-18)10-24-26-20(27)19-17(22)16-14(21)3-2-4-15(16)29-19/h2-10H,1H3,(H,23,25)(H,26,27)/b24-10-. The minimum absolute atomic E-state index is 0.367. The van der Waals surface area contributed by atoms with Gasteiger partial charge in [-0.25, -0.2) is 5.43 Å². The predicted molar refractivity (Wildman–Crippen MR) is 120 cm³/mol. The molecule has 6 nitrogen and oxygen atoms in total. The second-order valence-electron chi connectivity index (χ2n) is 5.99. The third kappa shape index (κ3) is 3.91. The van der Waals surface area contributed by atoms with E-state index in [9.17, 15) is 4.79 Å². The number of rotatable bonds is 5. The van der Waals surface area contributed by atoms with Gasteiger partial charge in [0.25, 0.3) is 5.91 Å². The molecule has 0 saturated carbocycles. The lowest BCUT2D eigenvalue weighted by atomic mass is 10.1. The average Bonchev–Trinajstić information content (AvgIpc) is 3.33. The van der Waals surface area contributed by atoms with Crippen LogP contribution in [0.1, 0.15) is 15.2 Å². The molecule has 2 aromatic heterocycles. The number of thiophene rings is 1. The zero-order valence-electron chi connectivity index (χ0n) is 15.1. The maximum Gasteiger partial charge on any atom is 0.283 e. The van der Waals surface area contributed by atoms with Crippen molar-refractivity contribution in [1.29, 1.82) is 0 Å². The van der Waals surface area contributed by atoms with Crippen molar-refractivity contribution >= 4 is 61.1 Å². The Morgan fingerprint density at radius 2 is 2.10 bits per heavy atom. The molecule has 0 aliphatic carbocycles. The molecule has 0 saturated heterocycles. The number of methoxy groups -OCH3 is 1. The minimum atomic E-state index is -0.367. The van der Waals surface area contributed by atoms with Crippen LogP contribution in [0, 0.1) is 0 Å². The monoisotopic (exact) mass is 488 g/mol. The van der Waals surface area contributed by atoms with Crippen LogP contribution in [0.25, 0.3) is 21.3 Å². The van der Waals surface area contributed by atoms with Crippen LogP contribution < -0.4 is 10.2 Å². The van der Waals surface area contributed by atoms with Gasteiger partial charge in [-0.1, -0.05) is 33.6 Å².